The summed E-state index contributed by atoms with van der Waals surface area (Å²) in [4.78, 5) is 25.0. The number of piperazine rings is 1. The van der Waals surface area contributed by atoms with E-state index in [9.17, 15) is 19.8 Å². The van der Waals surface area contributed by atoms with E-state index in [1.807, 2.05) is 0 Å². The summed E-state index contributed by atoms with van der Waals surface area (Å²) in [6.07, 6.45) is -0.789. The van der Waals surface area contributed by atoms with E-state index in [4.69, 9.17) is 0 Å². The van der Waals surface area contributed by atoms with E-state index in [0.29, 0.717) is 11.3 Å². The third kappa shape index (κ3) is 2.34. The van der Waals surface area contributed by atoms with Crippen molar-refractivity contribution in [1.29, 1.82) is 0 Å². The van der Waals surface area contributed by atoms with Gasteiger partial charge in [0.05, 0.1) is 12.6 Å². The lowest BCUT2D eigenvalue weighted by Crippen LogP contribution is -2.64. The number of carbonyl (C=O) groups excluding carboxylic acids is 2. The number of carbonyl (C=O) groups is 2. The molecule has 1 unspecified atom stereocenters. The monoisotopic (exact) mass is 278 g/mol. The van der Waals surface area contributed by atoms with E-state index in [1.54, 1.807) is 37.8 Å². The molecule has 3 N–H and O–H groups in total. The van der Waals surface area contributed by atoms with E-state index >= 15 is 0 Å². The van der Waals surface area contributed by atoms with Crippen molar-refractivity contribution in [3.05, 3.63) is 23.8 Å². The summed E-state index contributed by atoms with van der Waals surface area (Å²) in [5, 5.41) is 21.7. The topological polar surface area (TPSA) is 89.9 Å². The first kappa shape index (κ1) is 14.3. The molecule has 1 heterocycles. The number of phenolic OH excluding ortho intramolecular Hbond substituents is 1. The molecule has 2 rings (SSSR count). The first-order chi connectivity index (χ1) is 9.23. The normalized spacial score (nSPS) is 19.7. The predicted octanol–water partition coefficient (Wildman–Crippen LogP) is 0.687. The zero-order valence-electron chi connectivity index (χ0n) is 11.7. The minimum atomic E-state index is -0.896. The average Bonchev–Trinajstić information content (AvgIpc) is 2.33. The molecule has 6 heteroatoms. The number of benzene rings is 1. The van der Waals surface area contributed by atoms with Crippen molar-refractivity contribution in [2.75, 3.05) is 11.4 Å². The van der Waals surface area contributed by atoms with Crippen LogP contribution in [0.4, 0.5) is 5.69 Å². The highest BCUT2D eigenvalue weighted by atomic mass is 16.3. The van der Waals surface area contributed by atoms with Crippen molar-refractivity contribution in [2.45, 2.75) is 32.4 Å². The fourth-order valence-corrected chi connectivity index (χ4v) is 2.25. The van der Waals surface area contributed by atoms with Gasteiger partial charge in [-0.05, 0) is 26.8 Å². The number of anilines is 1. The van der Waals surface area contributed by atoms with Crippen LogP contribution in [-0.4, -0.2) is 34.1 Å². The van der Waals surface area contributed by atoms with Gasteiger partial charge in [0.1, 0.15) is 11.3 Å². The molecule has 2 amide bonds. The smallest absolute Gasteiger partial charge is 0.251 e. The number of hydrogen-bond acceptors (Lipinski definition) is 5. The Labute approximate surface area is 117 Å². The zero-order valence-corrected chi connectivity index (χ0v) is 11.7. The van der Waals surface area contributed by atoms with Gasteiger partial charge in [0, 0.05) is 17.3 Å². The number of nitrogens with one attached hydrogen (secondary N) is 1. The molecule has 1 fully saturated rings. The molecule has 1 atom stereocenters. The van der Waals surface area contributed by atoms with Gasteiger partial charge in [-0.1, -0.05) is 6.07 Å². The second kappa shape index (κ2) is 4.79. The first-order valence-electron chi connectivity index (χ1n) is 6.36. The zero-order chi connectivity index (χ0) is 15.1. The molecule has 0 radical (unpaired) electrons. The Morgan fingerprint density at radius 1 is 1.35 bits per heavy atom. The lowest BCUT2D eigenvalue weighted by atomic mass is 9.97. The Balaban J connectivity index is 2.42. The summed E-state index contributed by atoms with van der Waals surface area (Å²) >= 11 is 0. The van der Waals surface area contributed by atoms with Gasteiger partial charge in [-0.2, -0.15) is 0 Å². The number of imide groups is 1. The van der Waals surface area contributed by atoms with Crippen molar-refractivity contribution < 1.29 is 19.8 Å². The summed E-state index contributed by atoms with van der Waals surface area (Å²) in [5.74, 6) is -0.826. The Kier molecular flexibility index (Phi) is 3.43. The van der Waals surface area contributed by atoms with Crippen LogP contribution in [0.5, 0.6) is 5.75 Å². The van der Waals surface area contributed by atoms with Gasteiger partial charge >= 0.3 is 0 Å². The lowest BCUT2D eigenvalue weighted by molar-refractivity contribution is -0.135. The molecular formula is C14H18N2O4. The maximum atomic E-state index is 11.9. The van der Waals surface area contributed by atoms with Gasteiger partial charge in [-0.25, -0.2) is 0 Å². The van der Waals surface area contributed by atoms with E-state index < -0.39 is 11.6 Å². The van der Waals surface area contributed by atoms with E-state index in [-0.39, 0.29) is 24.1 Å². The highest BCUT2D eigenvalue weighted by Crippen LogP contribution is 2.32. The molecule has 6 nitrogen and oxygen atoms in total. The Bertz CT molecular complexity index is 566. The van der Waals surface area contributed by atoms with Gasteiger partial charge in [0.2, 0.25) is 5.91 Å². The summed E-state index contributed by atoms with van der Waals surface area (Å²) in [6, 6.07) is 4.72. The average molecular weight is 278 g/mol. The fourth-order valence-electron chi connectivity index (χ4n) is 2.25. The molecule has 1 aromatic rings. The summed E-state index contributed by atoms with van der Waals surface area (Å²) in [6.45, 7) is 4.99. The second-order valence-electron chi connectivity index (χ2n) is 5.44. The molecule has 0 saturated carbocycles. The maximum Gasteiger partial charge on any atom is 0.251 e. The minimum Gasteiger partial charge on any atom is -0.507 e. The second-order valence-corrected chi connectivity index (χ2v) is 5.44. The molecule has 0 spiro atoms. The minimum absolute atomic E-state index is 0.0339. The van der Waals surface area contributed by atoms with Gasteiger partial charge in [-0.15, -0.1) is 0 Å². The number of rotatable bonds is 2. The molecule has 0 aromatic heterocycles. The molecule has 1 aliphatic heterocycles. The third-order valence-corrected chi connectivity index (χ3v) is 3.56. The number of nitrogens with zero attached hydrogens (tertiary/aromatic N) is 1. The number of aliphatic hydroxyl groups excluding tert-OH is 1. The van der Waals surface area contributed by atoms with Gasteiger partial charge in [0.25, 0.3) is 5.91 Å². The quantitative estimate of drug-likeness (QED) is 0.692. The number of aliphatic hydroxyl groups is 1. The number of hydrogen-bond donors (Lipinski definition) is 3. The SMILES string of the molecule is CC(O)c1ccc(N2CC(=O)NC(=O)C2(C)C)cc1O. The van der Waals surface area contributed by atoms with Crippen molar-refractivity contribution in [3.8, 4) is 5.75 Å². The Morgan fingerprint density at radius 3 is 2.55 bits per heavy atom. The van der Waals surface area contributed by atoms with E-state index in [0.717, 1.165) is 0 Å². The summed E-state index contributed by atoms with van der Waals surface area (Å²) in [5.41, 5.74) is 0.0617. The maximum absolute atomic E-state index is 11.9. The van der Waals surface area contributed by atoms with E-state index in [2.05, 4.69) is 5.32 Å². The van der Waals surface area contributed by atoms with Crippen molar-refractivity contribution in [1.82, 2.24) is 5.32 Å². The molecule has 1 aromatic carbocycles. The van der Waals surface area contributed by atoms with Crippen LogP contribution in [0.1, 0.15) is 32.4 Å². The van der Waals surface area contributed by atoms with Crippen LogP contribution in [0, 0.1) is 0 Å². The van der Waals surface area contributed by atoms with Crippen LogP contribution in [0.3, 0.4) is 0 Å². The van der Waals surface area contributed by atoms with Crippen LogP contribution in [0.2, 0.25) is 0 Å². The van der Waals surface area contributed by atoms with Gasteiger partial charge in [0.15, 0.2) is 0 Å². The lowest BCUT2D eigenvalue weighted by Gasteiger charge is -2.41. The van der Waals surface area contributed by atoms with Crippen molar-refractivity contribution in [3.63, 3.8) is 0 Å². The number of phenols is 1. The van der Waals surface area contributed by atoms with Crippen LogP contribution in [-0.2, 0) is 9.59 Å². The standard InChI is InChI=1S/C14H18N2O4/c1-8(17)10-5-4-9(6-11(10)18)16-7-12(19)15-13(20)14(16,2)3/h4-6,8,17-18H,7H2,1-3H3,(H,15,19,20). The van der Waals surface area contributed by atoms with Gasteiger partial charge in [-0.3, -0.25) is 14.9 Å². The summed E-state index contributed by atoms with van der Waals surface area (Å²) < 4.78 is 0. The van der Waals surface area contributed by atoms with Crippen LogP contribution in [0.25, 0.3) is 0 Å². The highest BCUT2D eigenvalue weighted by Gasteiger charge is 2.41. The van der Waals surface area contributed by atoms with Gasteiger partial charge < -0.3 is 15.1 Å². The molecule has 1 aliphatic rings. The highest BCUT2D eigenvalue weighted by molar-refractivity contribution is 6.06. The molecular weight excluding hydrogens is 260 g/mol. The summed E-state index contributed by atoms with van der Waals surface area (Å²) in [7, 11) is 0. The number of aromatic hydroxyl groups is 1. The Hall–Kier alpha value is -2.08. The number of amides is 2. The van der Waals surface area contributed by atoms with Crippen molar-refractivity contribution in [2.24, 2.45) is 0 Å². The molecule has 108 valence electrons. The molecule has 1 saturated heterocycles. The predicted molar refractivity (Wildman–Crippen MR) is 73.3 cm³/mol. The molecule has 0 aliphatic carbocycles. The van der Waals surface area contributed by atoms with E-state index in [1.165, 1.54) is 6.07 Å². The third-order valence-electron chi connectivity index (χ3n) is 3.56. The van der Waals surface area contributed by atoms with Crippen molar-refractivity contribution >= 4 is 17.5 Å². The van der Waals surface area contributed by atoms with Crippen LogP contribution >= 0.6 is 0 Å². The van der Waals surface area contributed by atoms with Crippen LogP contribution < -0.4 is 10.2 Å². The fraction of sp³-hybridized carbons (Fsp3) is 0.429. The largest absolute Gasteiger partial charge is 0.507 e. The molecule has 0 bridgehead atoms. The molecule has 20 heavy (non-hydrogen) atoms. The van der Waals surface area contributed by atoms with Crippen LogP contribution in [0.15, 0.2) is 18.2 Å². The first-order valence-corrected chi connectivity index (χ1v) is 6.36. The Morgan fingerprint density at radius 2 is 2.00 bits per heavy atom.